The molecule has 0 bridgehead atoms. The molecule has 0 radical (unpaired) electrons. The summed E-state index contributed by atoms with van der Waals surface area (Å²) in [6.45, 7) is 0. The summed E-state index contributed by atoms with van der Waals surface area (Å²) in [7, 11) is 0. The number of hydrazine groups is 1. The number of hydrogen-bond acceptors (Lipinski definition) is 7. The van der Waals surface area contributed by atoms with Crippen molar-refractivity contribution in [1.82, 2.24) is 10.7 Å². The molecule has 0 unspecified atom stereocenters. The van der Waals surface area contributed by atoms with Gasteiger partial charge < -0.3 is 0 Å². The van der Waals surface area contributed by atoms with E-state index in [0.29, 0.717) is 0 Å². The minimum atomic E-state index is -1.48. The van der Waals surface area contributed by atoms with Crippen molar-refractivity contribution in [2.45, 2.75) is 5.91 Å². The van der Waals surface area contributed by atoms with Crippen molar-refractivity contribution < 1.29 is 0 Å². The Bertz CT molecular complexity index is 202. The first kappa shape index (κ1) is 7.50. The molecular weight excluding hydrogens is 150 g/mol. The van der Waals surface area contributed by atoms with Gasteiger partial charge in [-0.1, -0.05) is 10.2 Å². The molecule has 0 aromatic heterocycles. The van der Waals surface area contributed by atoms with Crippen LogP contribution in [0.15, 0.2) is 20.7 Å². The van der Waals surface area contributed by atoms with Crippen LogP contribution in [-0.4, -0.2) is 11.9 Å². The highest BCUT2D eigenvalue weighted by Gasteiger charge is 2.27. The molecule has 0 aromatic carbocycles. The van der Waals surface area contributed by atoms with Crippen LogP contribution in [0, 0.1) is 5.41 Å². The molecule has 1 aliphatic rings. The minimum Gasteiger partial charge on any atom is -0.297 e. The van der Waals surface area contributed by atoms with Gasteiger partial charge in [-0.15, -0.1) is 0 Å². The van der Waals surface area contributed by atoms with Gasteiger partial charge in [0.2, 0.25) is 5.96 Å². The molecule has 0 amide bonds. The van der Waals surface area contributed by atoms with Gasteiger partial charge in [0.15, 0.2) is 0 Å². The van der Waals surface area contributed by atoms with Crippen LogP contribution < -0.4 is 22.3 Å². The fourth-order valence-electron chi connectivity index (χ4n) is 0.466. The van der Waals surface area contributed by atoms with Gasteiger partial charge in [0.05, 0.1) is 0 Å². The van der Waals surface area contributed by atoms with Gasteiger partial charge in [-0.05, 0) is 10.4 Å². The van der Waals surface area contributed by atoms with Crippen molar-refractivity contribution in [1.29, 1.82) is 5.41 Å². The van der Waals surface area contributed by atoms with Crippen molar-refractivity contribution in [2.75, 3.05) is 0 Å². The standard InChI is InChI=1S/C2H7N9/c3-1(7-5)6-2(4)8-10-11-9-2/h4-5H2,(H3,3,6,7). The Labute approximate surface area is 61.4 Å². The number of nitrogens with zero attached hydrogens (tertiary/aromatic N) is 4. The lowest BCUT2D eigenvalue weighted by Gasteiger charge is -2.15. The Balaban J connectivity index is 2.54. The third kappa shape index (κ3) is 1.65. The first-order valence-electron chi connectivity index (χ1n) is 2.62. The summed E-state index contributed by atoms with van der Waals surface area (Å²) in [6.07, 6.45) is 0. The van der Waals surface area contributed by atoms with Crippen LogP contribution in [0.2, 0.25) is 0 Å². The van der Waals surface area contributed by atoms with Gasteiger partial charge in [0.1, 0.15) is 0 Å². The maximum Gasteiger partial charge on any atom is 0.326 e. The van der Waals surface area contributed by atoms with Gasteiger partial charge in [-0.2, -0.15) is 0 Å². The molecule has 1 aliphatic heterocycles. The summed E-state index contributed by atoms with van der Waals surface area (Å²) in [5.41, 5.74) is 7.37. The molecule has 11 heavy (non-hydrogen) atoms. The number of guanidine groups is 1. The summed E-state index contributed by atoms with van der Waals surface area (Å²) in [6, 6.07) is 0. The lowest BCUT2D eigenvalue weighted by Crippen LogP contribution is -2.56. The van der Waals surface area contributed by atoms with Crippen LogP contribution in [0.1, 0.15) is 0 Å². The molecule has 0 aromatic rings. The molecule has 60 valence electrons. The summed E-state index contributed by atoms with van der Waals surface area (Å²) >= 11 is 0. The first-order valence-corrected chi connectivity index (χ1v) is 2.62. The predicted molar refractivity (Wildman–Crippen MR) is 34.8 cm³/mol. The second-order valence-corrected chi connectivity index (χ2v) is 1.75. The van der Waals surface area contributed by atoms with E-state index in [1.54, 1.807) is 0 Å². The zero-order valence-electron chi connectivity index (χ0n) is 5.44. The third-order valence-electron chi connectivity index (χ3n) is 0.888. The molecule has 0 saturated carbocycles. The average molecular weight is 157 g/mol. The topological polar surface area (TPSA) is 149 Å². The Kier molecular flexibility index (Phi) is 1.74. The summed E-state index contributed by atoms with van der Waals surface area (Å²) in [5.74, 6) is 3.17. The van der Waals surface area contributed by atoms with Gasteiger partial charge >= 0.3 is 5.91 Å². The van der Waals surface area contributed by atoms with Crippen LogP contribution in [0.5, 0.6) is 0 Å². The second-order valence-electron chi connectivity index (χ2n) is 1.75. The van der Waals surface area contributed by atoms with Crippen molar-refractivity contribution in [3.05, 3.63) is 0 Å². The first-order chi connectivity index (χ1) is 5.16. The zero-order valence-corrected chi connectivity index (χ0v) is 5.44. The fourth-order valence-corrected chi connectivity index (χ4v) is 0.466. The third-order valence-corrected chi connectivity index (χ3v) is 0.888. The van der Waals surface area contributed by atoms with E-state index in [2.05, 4.69) is 26.0 Å². The van der Waals surface area contributed by atoms with Crippen molar-refractivity contribution in [3.8, 4) is 0 Å². The van der Waals surface area contributed by atoms with Gasteiger partial charge in [-0.3, -0.25) is 21.9 Å². The van der Waals surface area contributed by atoms with Gasteiger partial charge in [-0.25, -0.2) is 5.84 Å². The monoisotopic (exact) mass is 157 g/mol. The zero-order chi connectivity index (χ0) is 8.32. The molecule has 7 N–H and O–H groups in total. The lowest BCUT2D eigenvalue weighted by atomic mass is 10.6. The van der Waals surface area contributed by atoms with E-state index in [-0.39, 0.29) is 5.96 Å². The van der Waals surface area contributed by atoms with Crippen molar-refractivity contribution in [2.24, 2.45) is 32.3 Å². The highest BCUT2D eigenvalue weighted by Crippen LogP contribution is 2.08. The number of nitrogens with two attached hydrogens (primary N) is 2. The molecule has 9 heteroatoms. The Hall–Kier alpha value is -1.61. The maximum atomic E-state index is 7.00. The SMILES string of the molecule is N=C(NN)NC1(N)N=NN=N1. The molecule has 0 fully saturated rings. The molecule has 1 heterocycles. The van der Waals surface area contributed by atoms with E-state index >= 15 is 0 Å². The molecule has 0 spiro atoms. The van der Waals surface area contributed by atoms with E-state index in [1.807, 2.05) is 5.43 Å². The summed E-state index contributed by atoms with van der Waals surface area (Å²) in [4.78, 5) is 0. The number of rotatable bonds is 1. The van der Waals surface area contributed by atoms with E-state index in [9.17, 15) is 0 Å². The molecule has 1 rings (SSSR count). The highest BCUT2D eigenvalue weighted by molar-refractivity contribution is 5.76. The lowest BCUT2D eigenvalue weighted by molar-refractivity contribution is 0.420. The number of nitrogens with one attached hydrogen (secondary N) is 3. The van der Waals surface area contributed by atoms with Crippen LogP contribution in [0.3, 0.4) is 0 Å². The largest absolute Gasteiger partial charge is 0.326 e. The fraction of sp³-hybridized carbons (Fsp3) is 0.500. The van der Waals surface area contributed by atoms with Crippen molar-refractivity contribution in [3.63, 3.8) is 0 Å². The summed E-state index contributed by atoms with van der Waals surface area (Å²) < 4.78 is 0. The number of hydrogen-bond donors (Lipinski definition) is 5. The van der Waals surface area contributed by atoms with Crippen LogP contribution in [0.25, 0.3) is 0 Å². The molecule has 0 saturated heterocycles. The molecular formula is C2H7N9. The predicted octanol–water partition coefficient (Wildman–Crippen LogP) is -1.62. The van der Waals surface area contributed by atoms with Crippen LogP contribution in [0.4, 0.5) is 0 Å². The van der Waals surface area contributed by atoms with Crippen LogP contribution in [-0.2, 0) is 0 Å². The molecule has 9 nitrogen and oxygen atoms in total. The van der Waals surface area contributed by atoms with E-state index < -0.39 is 5.91 Å². The van der Waals surface area contributed by atoms with E-state index in [0.717, 1.165) is 0 Å². The molecule has 0 aliphatic carbocycles. The average Bonchev–Trinajstić information content (AvgIpc) is 2.36. The quantitative estimate of drug-likeness (QED) is 0.102. The van der Waals surface area contributed by atoms with Crippen molar-refractivity contribution >= 4 is 5.96 Å². The highest BCUT2D eigenvalue weighted by atomic mass is 15.7. The Morgan fingerprint density at radius 2 is 1.91 bits per heavy atom. The van der Waals surface area contributed by atoms with Gasteiger partial charge in [0, 0.05) is 0 Å². The minimum absolute atomic E-state index is 0.215. The maximum absolute atomic E-state index is 7.00. The normalized spacial score (nSPS) is 18.4. The molecule has 0 atom stereocenters. The second kappa shape index (κ2) is 2.56. The Morgan fingerprint density at radius 3 is 2.36 bits per heavy atom. The Morgan fingerprint density at radius 1 is 1.36 bits per heavy atom. The smallest absolute Gasteiger partial charge is 0.297 e. The summed E-state index contributed by atoms with van der Waals surface area (Å²) in [5, 5.41) is 22.4. The van der Waals surface area contributed by atoms with Crippen LogP contribution >= 0.6 is 0 Å². The van der Waals surface area contributed by atoms with E-state index in [4.69, 9.17) is 17.0 Å². The van der Waals surface area contributed by atoms with Gasteiger partial charge in [0.25, 0.3) is 0 Å². The van der Waals surface area contributed by atoms with E-state index in [1.165, 1.54) is 0 Å².